The van der Waals surface area contributed by atoms with Crippen LogP contribution in [0.1, 0.15) is 32.8 Å². The lowest BCUT2D eigenvalue weighted by molar-refractivity contribution is 0.0698. The van der Waals surface area contributed by atoms with Crippen molar-refractivity contribution < 1.29 is 13.9 Å². The van der Waals surface area contributed by atoms with E-state index in [9.17, 15) is 4.79 Å². The topological polar surface area (TPSA) is 39.4 Å². The molecule has 0 aliphatic rings. The number of aryl methyl sites for hydroxylation is 4. The summed E-state index contributed by atoms with van der Waals surface area (Å²) >= 11 is 0. The van der Waals surface area contributed by atoms with Crippen LogP contribution in [-0.2, 0) is 0 Å². The summed E-state index contributed by atoms with van der Waals surface area (Å²) in [5, 5.41) is 0. The Balaban J connectivity index is 2.31. The summed E-state index contributed by atoms with van der Waals surface area (Å²) in [7, 11) is 0. The van der Waals surface area contributed by atoms with Crippen molar-refractivity contribution in [2.75, 3.05) is 0 Å². The number of benzene rings is 1. The Morgan fingerprint density at radius 1 is 1.06 bits per heavy atom. The van der Waals surface area contributed by atoms with E-state index in [1.165, 1.54) is 6.26 Å². The van der Waals surface area contributed by atoms with Crippen LogP contribution in [0.5, 0.6) is 5.75 Å². The van der Waals surface area contributed by atoms with Crippen LogP contribution in [0.25, 0.3) is 0 Å². The molecule has 3 heteroatoms. The lowest BCUT2D eigenvalue weighted by Gasteiger charge is -2.10. The van der Waals surface area contributed by atoms with Crippen LogP contribution in [0.15, 0.2) is 28.9 Å². The second kappa shape index (κ2) is 4.69. The lowest BCUT2D eigenvalue weighted by Crippen LogP contribution is -2.10. The van der Waals surface area contributed by atoms with Gasteiger partial charge in [0.1, 0.15) is 5.75 Å². The van der Waals surface area contributed by atoms with Crippen molar-refractivity contribution in [2.45, 2.75) is 27.7 Å². The summed E-state index contributed by atoms with van der Waals surface area (Å²) in [5.41, 5.74) is 3.83. The standard InChI is InChI=1S/C15H16O3/c1-9-7-11(3)13(12(4)8-9)18-15(16)14-10(2)5-6-17-14/h5-8H,1-4H3. The molecule has 2 rings (SSSR count). The zero-order valence-electron chi connectivity index (χ0n) is 11.0. The first-order valence-corrected chi connectivity index (χ1v) is 5.83. The van der Waals surface area contributed by atoms with Crippen molar-refractivity contribution >= 4 is 5.97 Å². The third kappa shape index (κ3) is 2.30. The van der Waals surface area contributed by atoms with Gasteiger partial charge >= 0.3 is 5.97 Å². The van der Waals surface area contributed by atoms with Crippen molar-refractivity contribution in [3.8, 4) is 5.75 Å². The van der Waals surface area contributed by atoms with E-state index >= 15 is 0 Å². The maximum absolute atomic E-state index is 12.0. The summed E-state index contributed by atoms with van der Waals surface area (Å²) in [6, 6.07) is 5.72. The van der Waals surface area contributed by atoms with Crippen molar-refractivity contribution in [3.63, 3.8) is 0 Å². The number of carbonyl (C=O) groups excluding carboxylic acids is 1. The summed E-state index contributed by atoms with van der Waals surface area (Å²) < 4.78 is 10.6. The molecule has 0 N–H and O–H groups in total. The summed E-state index contributed by atoms with van der Waals surface area (Å²) in [4.78, 5) is 12.0. The normalized spacial score (nSPS) is 10.4. The van der Waals surface area contributed by atoms with Crippen molar-refractivity contribution in [1.82, 2.24) is 0 Å². The highest BCUT2D eigenvalue weighted by atomic mass is 16.5. The Kier molecular flexibility index (Phi) is 3.24. The van der Waals surface area contributed by atoms with Gasteiger partial charge in [-0.15, -0.1) is 0 Å². The van der Waals surface area contributed by atoms with Gasteiger partial charge in [0.2, 0.25) is 5.76 Å². The van der Waals surface area contributed by atoms with E-state index in [4.69, 9.17) is 9.15 Å². The van der Waals surface area contributed by atoms with E-state index in [0.29, 0.717) is 5.75 Å². The van der Waals surface area contributed by atoms with Gasteiger partial charge in [0.25, 0.3) is 0 Å². The van der Waals surface area contributed by atoms with E-state index < -0.39 is 5.97 Å². The van der Waals surface area contributed by atoms with Gasteiger partial charge in [-0.25, -0.2) is 4.79 Å². The monoisotopic (exact) mass is 244 g/mol. The zero-order chi connectivity index (χ0) is 13.3. The highest BCUT2D eigenvalue weighted by molar-refractivity contribution is 5.89. The Labute approximate surface area is 106 Å². The molecule has 1 heterocycles. The molecule has 0 aliphatic heterocycles. The van der Waals surface area contributed by atoms with Crippen LogP contribution in [0, 0.1) is 27.7 Å². The quantitative estimate of drug-likeness (QED) is 0.597. The van der Waals surface area contributed by atoms with E-state index in [-0.39, 0.29) is 5.76 Å². The van der Waals surface area contributed by atoms with Crippen molar-refractivity contribution in [2.24, 2.45) is 0 Å². The van der Waals surface area contributed by atoms with E-state index in [1.807, 2.05) is 39.8 Å². The van der Waals surface area contributed by atoms with Gasteiger partial charge < -0.3 is 9.15 Å². The first-order valence-electron chi connectivity index (χ1n) is 5.83. The van der Waals surface area contributed by atoms with E-state index in [0.717, 1.165) is 22.3 Å². The second-order valence-electron chi connectivity index (χ2n) is 4.55. The zero-order valence-corrected chi connectivity index (χ0v) is 11.0. The molecule has 0 aliphatic carbocycles. The molecule has 0 radical (unpaired) electrons. The molecule has 2 aromatic rings. The molecule has 0 amide bonds. The number of furan rings is 1. The summed E-state index contributed by atoms with van der Waals surface area (Å²) in [6.45, 7) is 7.69. The van der Waals surface area contributed by atoms with Crippen LogP contribution >= 0.6 is 0 Å². The summed E-state index contributed by atoms with van der Waals surface area (Å²) in [6.07, 6.45) is 1.49. The van der Waals surface area contributed by atoms with Gasteiger partial charge in [0.15, 0.2) is 0 Å². The maximum atomic E-state index is 12.0. The third-order valence-electron chi connectivity index (χ3n) is 2.85. The Morgan fingerprint density at radius 3 is 2.17 bits per heavy atom. The fourth-order valence-electron chi connectivity index (χ4n) is 2.05. The van der Waals surface area contributed by atoms with Crippen LogP contribution in [0.4, 0.5) is 0 Å². The first kappa shape index (κ1) is 12.4. The Hall–Kier alpha value is -2.03. The van der Waals surface area contributed by atoms with Gasteiger partial charge in [-0.1, -0.05) is 17.7 Å². The second-order valence-corrected chi connectivity index (χ2v) is 4.55. The molecule has 0 spiro atoms. The SMILES string of the molecule is Cc1cc(C)c(OC(=O)c2occc2C)c(C)c1. The average molecular weight is 244 g/mol. The predicted molar refractivity (Wildman–Crippen MR) is 69.1 cm³/mol. The van der Waals surface area contributed by atoms with Crippen LogP contribution in [-0.4, -0.2) is 5.97 Å². The van der Waals surface area contributed by atoms with Gasteiger partial charge in [-0.05, 0) is 44.9 Å². The van der Waals surface area contributed by atoms with Crippen LogP contribution in [0.3, 0.4) is 0 Å². The minimum atomic E-state index is -0.451. The number of esters is 1. The van der Waals surface area contributed by atoms with Gasteiger partial charge in [-0.2, -0.15) is 0 Å². The molecule has 0 bridgehead atoms. The Morgan fingerprint density at radius 2 is 1.67 bits per heavy atom. The van der Waals surface area contributed by atoms with Crippen molar-refractivity contribution in [3.05, 3.63) is 52.5 Å². The number of hydrogen-bond acceptors (Lipinski definition) is 3. The first-order chi connectivity index (χ1) is 8.49. The number of rotatable bonds is 2. The van der Waals surface area contributed by atoms with Crippen molar-refractivity contribution in [1.29, 1.82) is 0 Å². The molecule has 0 saturated carbocycles. The number of ether oxygens (including phenoxy) is 1. The van der Waals surface area contributed by atoms with Gasteiger partial charge in [0.05, 0.1) is 6.26 Å². The molecule has 0 fully saturated rings. The highest BCUT2D eigenvalue weighted by Gasteiger charge is 2.17. The minimum absolute atomic E-state index is 0.259. The molecule has 0 unspecified atom stereocenters. The molecule has 0 saturated heterocycles. The Bertz CT molecular complexity index is 571. The molecule has 0 atom stereocenters. The summed E-state index contributed by atoms with van der Waals surface area (Å²) in [5.74, 6) is 0.420. The molecule has 1 aromatic carbocycles. The number of hydrogen-bond donors (Lipinski definition) is 0. The minimum Gasteiger partial charge on any atom is -0.457 e. The lowest BCUT2D eigenvalue weighted by atomic mass is 10.1. The van der Waals surface area contributed by atoms with E-state index in [2.05, 4.69) is 0 Å². The largest absolute Gasteiger partial charge is 0.457 e. The van der Waals surface area contributed by atoms with Gasteiger partial charge in [0, 0.05) is 5.56 Å². The smallest absolute Gasteiger partial charge is 0.379 e. The molecular formula is C15H16O3. The highest BCUT2D eigenvalue weighted by Crippen LogP contribution is 2.26. The average Bonchev–Trinajstić information content (AvgIpc) is 2.69. The van der Waals surface area contributed by atoms with Gasteiger partial charge in [-0.3, -0.25) is 0 Å². The molecule has 94 valence electrons. The molecule has 1 aromatic heterocycles. The third-order valence-corrected chi connectivity index (χ3v) is 2.85. The van der Waals surface area contributed by atoms with Crippen LogP contribution < -0.4 is 4.74 Å². The molecular weight excluding hydrogens is 228 g/mol. The fraction of sp³-hybridized carbons (Fsp3) is 0.267. The fourth-order valence-corrected chi connectivity index (χ4v) is 2.05. The molecule has 18 heavy (non-hydrogen) atoms. The molecule has 3 nitrogen and oxygen atoms in total. The van der Waals surface area contributed by atoms with E-state index in [1.54, 1.807) is 6.07 Å². The number of carbonyl (C=O) groups is 1. The van der Waals surface area contributed by atoms with Crippen LogP contribution in [0.2, 0.25) is 0 Å². The maximum Gasteiger partial charge on any atom is 0.379 e. The predicted octanol–water partition coefficient (Wildman–Crippen LogP) is 3.73.